The van der Waals surface area contributed by atoms with E-state index in [1.807, 2.05) is 52.3 Å². The molecule has 2 fully saturated rings. The number of nitrogens with zero attached hydrogens (tertiary/aromatic N) is 3. The summed E-state index contributed by atoms with van der Waals surface area (Å²) in [6.07, 6.45) is 2.04. The number of hydrogen-bond donors (Lipinski definition) is 1. The Morgan fingerprint density at radius 1 is 0.944 bits per heavy atom. The minimum atomic E-state index is 0. The molecule has 2 saturated heterocycles. The predicted molar refractivity (Wildman–Crippen MR) is 143 cm³/mol. The lowest BCUT2D eigenvalue weighted by Crippen LogP contribution is -2.45. The van der Waals surface area contributed by atoms with Crippen LogP contribution in [0.5, 0.6) is 5.75 Å². The number of piperidine rings is 1. The Balaban J connectivity index is 0.00000267. The zero-order valence-electron chi connectivity index (χ0n) is 20.4. The van der Waals surface area contributed by atoms with Crippen molar-refractivity contribution in [3.8, 4) is 5.75 Å². The van der Waals surface area contributed by atoms with Gasteiger partial charge in [-0.2, -0.15) is 0 Å². The molecule has 0 unspecified atom stereocenters. The second-order valence-electron chi connectivity index (χ2n) is 9.59. The van der Waals surface area contributed by atoms with Crippen LogP contribution in [0.1, 0.15) is 34.3 Å². The normalized spacial score (nSPS) is 17.8. The molecule has 0 atom stereocenters. The third-order valence-corrected chi connectivity index (χ3v) is 7.61. The van der Waals surface area contributed by atoms with E-state index < -0.39 is 0 Å². The molecule has 3 aromatic rings. The lowest BCUT2D eigenvalue weighted by atomic mass is 10.00. The van der Waals surface area contributed by atoms with Gasteiger partial charge in [-0.05, 0) is 66.7 Å². The number of nitrogens with one attached hydrogen (secondary N) is 1. The van der Waals surface area contributed by atoms with Crippen LogP contribution in [0.4, 0.5) is 10.5 Å². The number of anilines is 1. The molecule has 7 nitrogen and oxygen atoms in total. The van der Waals surface area contributed by atoms with Gasteiger partial charge in [-0.15, -0.1) is 12.4 Å². The summed E-state index contributed by atoms with van der Waals surface area (Å²) < 4.78 is 5.26. The van der Waals surface area contributed by atoms with Crippen molar-refractivity contribution >= 4 is 40.8 Å². The SMILES string of the molecule is COc1ccc(CN2C(=O)c3cccc4c(CN5CCN(C6CCNCC6)C5=O)ccc2c34)cc1.Cl. The highest BCUT2D eigenvalue weighted by Gasteiger charge is 2.35. The van der Waals surface area contributed by atoms with Gasteiger partial charge in [0, 0.05) is 36.6 Å². The van der Waals surface area contributed by atoms with E-state index in [1.165, 1.54) is 0 Å². The molecule has 1 N–H and O–H groups in total. The molecule has 188 valence electrons. The Labute approximate surface area is 217 Å². The monoisotopic (exact) mass is 506 g/mol. The molecular formula is C28H31ClN4O3. The Hall–Kier alpha value is -3.29. The minimum Gasteiger partial charge on any atom is -0.497 e. The fourth-order valence-electron chi connectivity index (χ4n) is 5.73. The summed E-state index contributed by atoms with van der Waals surface area (Å²) in [4.78, 5) is 32.4. The van der Waals surface area contributed by atoms with E-state index in [0.717, 1.165) is 77.9 Å². The van der Waals surface area contributed by atoms with E-state index in [4.69, 9.17) is 4.74 Å². The van der Waals surface area contributed by atoms with Crippen LogP contribution in [0, 0.1) is 0 Å². The number of benzene rings is 3. The first-order valence-corrected chi connectivity index (χ1v) is 12.4. The molecule has 0 saturated carbocycles. The first-order chi connectivity index (χ1) is 17.1. The molecule has 3 heterocycles. The standard InChI is InChI=1S/C28H30N4O3.ClH/c1-35-22-8-5-19(6-9-22)17-32-25-10-7-20(23-3-2-4-24(26(23)25)27(32)33)18-30-15-16-31(28(30)34)21-11-13-29-14-12-21;/h2-10,21,29H,11-18H2,1H3;1H. The Morgan fingerprint density at radius 3 is 2.47 bits per heavy atom. The van der Waals surface area contributed by atoms with Crippen molar-refractivity contribution in [3.05, 3.63) is 71.3 Å². The van der Waals surface area contributed by atoms with Crippen LogP contribution in [0.3, 0.4) is 0 Å². The van der Waals surface area contributed by atoms with Crippen LogP contribution >= 0.6 is 12.4 Å². The second-order valence-corrected chi connectivity index (χ2v) is 9.59. The van der Waals surface area contributed by atoms with Crippen LogP contribution in [-0.4, -0.2) is 61.1 Å². The van der Waals surface area contributed by atoms with Gasteiger partial charge in [0.15, 0.2) is 0 Å². The number of carbonyl (C=O) groups excluding carboxylic acids is 2. The zero-order chi connectivity index (χ0) is 23.9. The van der Waals surface area contributed by atoms with Gasteiger partial charge in [0.05, 0.1) is 19.3 Å². The Morgan fingerprint density at radius 2 is 1.72 bits per heavy atom. The summed E-state index contributed by atoms with van der Waals surface area (Å²) in [5.41, 5.74) is 3.80. The molecule has 3 aliphatic heterocycles. The smallest absolute Gasteiger partial charge is 0.320 e. The Bertz CT molecular complexity index is 1290. The summed E-state index contributed by atoms with van der Waals surface area (Å²) >= 11 is 0. The summed E-state index contributed by atoms with van der Waals surface area (Å²) in [5.74, 6) is 0.819. The van der Waals surface area contributed by atoms with Crippen LogP contribution in [0.15, 0.2) is 54.6 Å². The van der Waals surface area contributed by atoms with Crippen LogP contribution in [-0.2, 0) is 13.1 Å². The predicted octanol–water partition coefficient (Wildman–Crippen LogP) is 4.42. The number of halogens is 1. The van der Waals surface area contributed by atoms with Gasteiger partial charge in [-0.3, -0.25) is 4.79 Å². The highest BCUT2D eigenvalue weighted by Crippen LogP contribution is 2.40. The maximum absolute atomic E-state index is 13.4. The van der Waals surface area contributed by atoms with Gasteiger partial charge < -0.3 is 24.8 Å². The fourth-order valence-corrected chi connectivity index (χ4v) is 5.73. The summed E-state index contributed by atoms with van der Waals surface area (Å²) in [7, 11) is 1.65. The van der Waals surface area contributed by atoms with Crippen molar-refractivity contribution in [3.63, 3.8) is 0 Å². The molecule has 0 aliphatic carbocycles. The number of methoxy groups -OCH3 is 1. The summed E-state index contributed by atoms with van der Waals surface area (Å²) in [5, 5.41) is 5.42. The average Bonchev–Trinajstić information content (AvgIpc) is 3.40. The third-order valence-electron chi connectivity index (χ3n) is 7.61. The molecule has 6 rings (SSSR count). The second kappa shape index (κ2) is 9.99. The molecule has 0 bridgehead atoms. The van der Waals surface area contributed by atoms with Gasteiger partial charge in [0.25, 0.3) is 5.91 Å². The molecule has 3 amide bonds. The van der Waals surface area contributed by atoms with Gasteiger partial charge in [0.1, 0.15) is 5.75 Å². The summed E-state index contributed by atoms with van der Waals surface area (Å²) in [6.45, 7) is 4.55. The van der Waals surface area contributed by atoms with Gasteiger partial charge >= 0.3 is 6.03 Å². The van der Waals surface area contributed by atoms with Gasteiger partial charge in [-0.25, -0.2) is 4.79 Å². The molecule has 0 spiro atoms. The van der Waals surface area contributed by atoms with Crippen LogP contribution in [0.25, 0.3) is 10.8 Å². The Kier molecular flexibility index (Phi) is 6.77. The molecule has 3 aromatic carbocycles. The number of amides is 3. The molecule has 0 aromatic heterocycles. The van der Waals surface area contributed by atoms with E-state index in [-0.39, 0.29) is 24.3 Å². The lowest BCUT2D eigenvalue weighted by molar-refractivity contribution is 0.0991. The van der Waals surface area contributed by atoms with Crippen molar-refractivity contribution in [1.82, 2.24) is 15.1 Å². The van der Waals surface area contributed by atoms with E-state index in [2.05, 4.69) is 22.3 Å². The molecule has 8 heteroatoms. The number of rotatable bonds is 6. The summed E-state index contributed by atoms with van der Waals surface area (Å²) in [6, 6.07) is 18.4. The van der Waals surface area contributed by atoms with Crippen LogP contribution in [0.2, 0.25) is 0 Å². The number of hydrogen-bond acceptors (Lipinski definition) is 4. The third kappa shape index (κ3) is 4.16. The van der Waals surface area contributed by atoms with E-state index in [9.17, 15) is 9.59 Å². The first-order valence-electron chi connectivity index (χ1n) is 12.4. The van der Waals surface area contributed by atoms with Crippen molar-refractivity contribution in [2.75, 3.05) is 38.2 Å². The van der Waals surface area contributed by atoms with Gasteiger partial charge in [-0.1, -0.05) is 30.3 Å². The van der Waals surface area contributed by atoms with Crippen molar-refractivity contribution < 1.29 is 14.3 Å². The topological polar surface area (TPSA) is 65.1 Å². The zero-order valence-corrected chi connectivity index (χ0v) is 21.2. The molecular weight excluding hydrogens is 476 g/mol. The highest BCUT2D eigenvalue weighted by molar-refractivity contribution is 6.25. The fraction of sp³-hybridized carbons (Fsp3) is 0.357. The maximum Gasteiger partial charge on any atom is 0.320 e. The molecule has 36 heavy (non-hydrogen) atoms. The maximum atomic E-state index is 13.4. The minimum absolute atomic E-state index is 0. The first kappa shape index (κ1) is 24.4. The highest BCUT2D eigenvalue weighted by atomic mass is 35.5. The van der Waals surface area contributed by atoms with E-state index in [1.54, 1.807) is 7.11 Å². The van der Waals surface area contributed by atoms with Crippen LogP contribution < -0.4 is 15.0 Å². The van der Waals surface area contributed by atoms with Crippen molar-refractivity contribution in [2.24, 2.45) is 0 Å². The van der Waals surface area contributed by atoms with Gasteiger partial charge in [0.2, 0.25) is 0 Å². The van der Waals surface area contributed by atoms with Crippen molar-refractivity contribution in [2.45, 2.75) is 32.0 Å². The van der Waals surface area contributed by atoms with E-state index in [0.29, 0.717) is 19.1 Å². The number of urea groups is 1. The number of carbonyl (C=O) groups is 2. The molecule has 0 radical (unpaired) electrons. The largest absolute Gasteiger partial charge is 0.497 e. The average molecular weight is 507 g/mol. The van der Waals surface area contributed by atoms with E-state index >= 15 is 0 Å². The van der Waals surface area contributed by atoms with Crippen molar-refractivity contribution in [1.29, 1.82) is 0 Å². The molecule has 3 aliphatic rings. The lowest BCUT2D eigenvalue weighted by Gasteiger charge is -2.31. The quantitative estimate of drug-likeness (QED) is 0.537. The number of ether oxygens (including phenoxy) is 1.